The van der Waals surface area contributed by atoms with Gasteiger partial charge in [-0.1, -0.05) is 0 Å². The lowest BCUT2D eigenvalue weighted by Crippen LogP contribution is -2.83. The van der Waals surface area contributed by atoms with Crippen molar-refractivity contribution in [3.8, 4) is 0 Å². The van der Waals surface area contributed by atoms with Crippen LogP contribution in [0.5, 0.6) is 0 Å². The van der Waals surface area contributed by atoms with Crippen LogP contribution < -0.4 is 5.32 Å². The van der Waals surface area contributed by atoms with Gasteiger partial charge in [-0.3, -0.25) is 0 Å². The van der Waals surface area contributed by atoms with E-state index in [0.717, 1.165) is 0 Å². The summed E-state index contributed by atoms with van der Waals surface area (Å²) in [6, 6.07) is 0. The first-order chi connectivity index (χ1) is 15.1. The molecule has 1 N–H and O–H groups in total. The maximum absolute atomic E-state index is 13.3. The molecular weight excluding hydrogens is 438 g/mol. The number of alkyl carbamates (subject to hydrolysis) is 1. The van der Waals surface area contributed by atoms with Crippen LogP contribution in [0.4, 0.5) is 4.79 Å². The van der Waals surface area contributed by atoms with E-state index in [0.29, 0.717) is 0 Å². The molecular formula is C22H33NO10. The van der Waals surface area contributed by atoms with Gasteiger partial charge < -0.3 is 43.2 Å². The van der Waals surface area contributed by atoms with E-state index in [1.807, 2.05) is 0 Å². The van der Waals surface area contributed by atoms with Gasteiger partial charge in [-0.05, 0) is 48.5 Å². The number of hydrogen-bond acceptors (Lipinski definition) is 10. The lowest BCUT2D eigenvalue weighted by atomic mass is 9.59. The molecule has 8 atom stereocenters. The van der Waals surface area contributed by atoms with E-state index in [1.54, 1.807) is 48.5 Å². The van der Waals surface area contributed by atoms with Gasteiger partial charge in [0.25, 0.3) is 0 Å². The number of nitrogens with one attached hydrogen (secondary N) is 1. The highest BCUT2D eigenvalue weighted by atomic mass is 16.8. The smallest absolute Gasteiger partial charge is 0.408 e. The van der Waals surface area contributed by atoms with Crippen LogP contribution in [-0.2, 0) is 42.7 Å². The Labute approximate surface area is 192 Å². The summed E-state index contributed by atoms with van der Waals surface area (Å²) in [6.45, 7) is 12.5. The molecule has 11 nitrogen and oxygen atoms in total. The summed E-state index contributed by atoms with van der Waals surface area (Å²) in [5, 5.41) is 2.94. The molecule has 4 aliphatic heterocycles. The predicted molar refractivity (Wildman–Crippen MR) is 109 cm³/mol. The Hall–Kier alpha value is -1.50. The van der Waals surface area contributed by atoms with E-state index in [4.69, 9.17) is 37.9 Å². The lowest BCUT2D eigenvalue weighted by Gasteiger charge is -2.58. The van der Waals surface area contributed by atoms with Crippen LogP contribution in [0.1, 0.15) is 48.5 Å². The van der Waals surface area contributed by atoms with E-state index in [1.165, 1.54) is 7.11 Å². The first kappa shape index (κ1) is 23.3. The van der Waals surface area contributed by atoms with E-state index in [-0.39, 0.29) is 6.61 Å². The summed E-state index contributed by atoms with van der Waals surface area (Å²) in [4.78, 5) is 26.3. The number of fused-ring (bicyclic) bond motifs is 3. The number of esters is 1. The quantitative estimate of drug-likeness (QED) is 0.589. The molecule has 0 aromatic carbocycles. The zero-order valence-electron chi connectivity index (χ0n) is 20.3. The van der Waals surface area contributed by atoms with Gasteiger partial charge in [0.2, 0.25) is 0 Å². The SMILES string of the molecule is CO[C@H]1O[C@@H]2C(=O)OC3C1C2(NC(=O)OC(C)(C)C)C1OC(C)(C)OC1C31COC(C)(C)O1. The first-order valence-electron chi connectivity index (χ1n) is 11.2. The Morgan fingerprint density at radius 1 is 1.06 bits per heavy atom. The zero-order valence-corrected chi connectivity index (χ0v) is 20.3. The van der Waals surface area contributed by atoms with E-state index >= 15 is 0 Å². The summed E-state index contributed by atoms with van der Waals surface area (Å²) >= 11 is 0. The molecule has 0 radical (unpaired) electrons. The topological polar surface area (TPSA) is 120 Å². The monoisotopic (exact) mass is 471 g/mol. The van der Waals surface area contributed by atoms with Gasteiger partial charge in [-0.25, -0.2) is 9.59 Å². The molecule has 0 aromatic heterocycles. The molecule has 6 unspecified atom stereocenters. The number of rotatable bonds is 2. The largest absolute Gasteiger partial charge is 0.456 e. The minimum Gasteiger partial charge on any atom is -0.456 e. The highest BCUT2D eigenvalue weighted by Crippen LogP contribution is 2.61. The normalized spacial score (nSPS) is 46.7. The summed E-state index contributed by atoms with van der Waals surface area (Å²) in [6.07, 6.45) is -5.24. The number of carbonyl (C=O) groups excluding carboxylic acids is 2. The van der Waals surface area contributed by atoms with Crippen molar-refractivity contribution in [1.82, 2.24) is 5.32 Å². The molecule has 1 saturated carbocycles. The summed E-state index contributed by atoms with van der Waals surface area (Å²) in [5.74, 6) is -3.31. The van der Waals surface area contributed by atoms with Crippen molar-refractivity contribution >= 4 is 12.1 Å². The zero-order chi connectivity index (χ0) is 24.2. The minimum atomic E-state index is -1.37. The second kappa shape index (κ2) is 6.79. The second-order valence-electron chi connectivity index (χ2n) is 11.3. The van der Waals surface area contributed by atoms with Crippen LogP contribution in [0.25, 0.3) is 0 Å². The van der Waals surface area contributed by atoms with Crippen molar-refractivity contribution in [3.63, 3.8) is 0 Å². The van der Waals surface area contributed by atoms with Gasteiger partial charge in [0.05, 0.1) is 12.5 Å². The van der Waals surface area contributed by atoms with Crippen molar-refractivity contribution in [1.29, 1.82) is 0 Å². The molecule has 4 bridgehead atoms. The lowest BCUT2D eigenvalue weighted by molar-refractivity contribution is -0.275. The molecule has 5 fully saturated rings. The van der Waals surface area contributed by atoms with Crippen LogP contribution in [0, 0.1) is 5.92 Å². The molecule has 11 heteroatoms. The van der Waals surface area contributed by atoms with Crippen molar-refractivity contribution < 1.29 is 47.5 Å². The molecule has 1 aliphatic carbocycles. The highest BCUT2D eigenvalue weighted by Gasteiger charge is 2.84. The fraction of sp³-hybridized carbons (Fsp3) is 0.909. The second-order valence-corrected chi connectivity index (χ2v) is 11.3. The third kappa shape index (κ3) is 3.24. The van der Waals surface area contributed by atoms with Gasteiger partial charge in [0.15, 0.2) is 29.6 Å². The number of carbonyl (C=O) groups is 2. The van der Waals surface area contributed by atoms with Crippen LogP contribution in [-0.4, -0.2) is 84.8 Å². The van der Waals surface area contributed by atoms with Crippen LogP contribution >= 0.6 is 0 Å². The highest BCUT2D eigenvalue weighted by molar-refractivity contribution is 5.82. The van der Waals surface area contributed by atoms with E-state index in [2.05, 4.69) is 5.32 Å². The van der Waals surface area contributed by atoms with E-state index in [9.17, 15) is 9.59 Å². The van der Waals surface area contributed by atoms with Crippen molar-refractivity contribution in [2.75, 3.05) is 13.7 Å². The number of hydrogen-bond donors (Lipinski definition) is 1. The van der Waals surface area contributed by atoms with Gasteiger partial charge >= 0.3 is 12.1 Å². The predicted octanol–water partition coefficient (Wildman–Crippen LogP) is 1.22. The third-order valence-electron chi connectivity index (χ3n) is 6.89. The third-order valence-corrected chi connectivity index (χ3v) is 6.89. The first-order valence-corrected chi connectivity index (χ1v) is 11.2. The van der Waals surface area contributed by atoms with Crippen molar-refractivity contribution in [2.45, 2.75) is 107 Å². The number of amides is 1. The number of ether oxygens (including phenoxy) is 8. The minimum absolute atomic E-state index is 0.0959. The Bertz CT molecular complexity index is 868. The maximum Gasteiger partial charge on any atom is 0.408 e. The molecule has 4 saturated heterocycles. The van der Waals surface area contributed by atoms with Gasteiger partial charge in [0, 0.05) is 7.11 Å². The van der Waals surface area contributed by atoms with Gasteiger partial charge in [-0.15, -0.1) is 0 Å². The summed E-state index contributed by atoms with van der Waals surface area (Å²) in [7, 11) is 1.47. The fourth-order valence-electron chi connectivity index (χ4n) is 5.99. The Balaban J connectivity index is 1.67. The maximum atomic E-state index is 13.3. The Morgan fingerprint density at radius 3 is 2.30 bits per heavy atom. The standard InChI is InChI=1S/C22H33NO10/c1-18(2,3)32-17(25)23-22-10-11(28-15(24)14(22)29-16(10)26-8)21(9-27-19(4,5)33-21)12-13(22)31-20(6,7)30-12/h10-14,16H,9H2,1-8H3,(H,23,25)/t10?,11?,12?,13?,14-,16+,21?,22?/m1/s1. The fourth-order valence-corrected chi connectivity index (χ4v) is 5.99. The summed E-state index contributed by atoms with van der Waals surface area (Å²) < 4.78 is 48.2. The number of methoxy groups -OCH3 is 1. The molecule has 0 aromatic rings. The molecule has 1 amide bonds. The Kier molecular flexibility index (Phi) is 4.79. The Morgan fingerprint density at radius 2 is 1.73 bits per heavy atom. The molecule has 4 heterocycles. The average Bonchev–Trinajstić information content (AvgIpc) is 3.23. The molecule has 33 heavy (non-hydrogen) atoms. The molecule has 186 valence electrons. The molecule has 5 rings (SSSR count). The van der Waals surface area contributed by atoms with E-state index < -0.39 is 77.0 Å². The van der Waals surface area contributed by atoms with Crippen molar-refractivity contribution in [3.05, 3.63) is 0 Å². The average molecular weight is 472 g/mol. The van der Waals surface area contributed by atoms with Crippen molar-refractivity contribution in [2.24, 2.45) is 5.92 Å². The van der Waals surface area contributed by atoms with Crippen LogP contribution in [0.3, 0.4) is 0 Å². The molecule has 5 aliphatic rings. The van der Waals surface area contributed by atoms with Crippen LogP contribution in [0.15, 0.2) is 0 Å². The molecule has 1 spiro atoms. The van der Waals surface area contributed by atoms with Gasteiger partial charge in [-0.2, -0.15) is 0 Å². The van der Waals surface area contributed by atoms with Crippen LogP contribution in [0.2, 0.25) is 0 Å². The summed E-state index contributed by atoms with van der Waals surface area (Å²) in [5.41, 5.74) is -3.33. The van der Waals surface area contributed by atoms with Gasteiger partial charge in [0.1, 0.15) is 29.5 Å².